The molecule has 0 spiro atoms. The molecule has 2 rings (SSSR count). The van der Waals surface area contributed by atoms with Crippen molar-refractivity contribution in [3.8, 4) is 5.75 Å². The number of aryl methyl sites for hydroxylation is 1. The lowest BCUT2D eigenvalue weighted by Gasteiger charge is -2.21. The normalized spacial score (nSPS) is 10.4. The second-order valence-electron chi connectivity index (χ2n) is 6.18. The van der Waals surface area contributed by atoms with Crippen molar-refractivity contribution in [3.63, 3.8) is 0 Å². The maximum Gasteiger partial charge on any atom is 0.244 e. The van der Waals surface area contributed by atoms with Crippen LogP contribution < -0.4 is 15.0 Å². The van der Waals surface area contributed by atoms with Crippen molar-refractivity contribution in [1.29, 1.82) is 0 Å². The number of carbonyl (C=O) groups is 2. The summed E-state index contributed by atoms with van der Waals surface area (Å²) in [6.45, 7) is 7.28. The average molecular weight is 340 g/mol. The van der Waals surface area contributed by atoms with Gasteiger partial charge in [0.2, 0.25) is 11.8 Å². The second-order valence-corrected chi connectivity index (χ2v) is 6.18. The number of rotatable bonds is 6. The molecule has 0 unspecified atom stereocenters. The Balaban J connectivity index is 2.06. The van der Waals surface area contributed by atoms with E-state index in [0.29, 0.717) is 11.4 Å². The zero-order valence-electron chi connectivity index (χ0n) is 15.1. The number of hydrogen-bond donors (Lipinski definition) is 1. The van der Waals surface area contributed by atoms with Crippen LogP contribution in [-0.2, 0) is 9.59 Å². The molecule has 0 atom stereocenters. The van der Waals surface area contributed by atoms with Crippen LogP contribution in [0.25, 0.3) is 0 Å². The summed E-state index contributed by atoms with van der Waals surface area (Å²) in [5.41, 5.74) is 2.48. The third kappa shape index (κ3) is 5.64. The molecule has 132 valence electrons. The largest absolute Gasteiger partial charge is 0.491 e. The molecule has 0 aromatic heterocycles. The number of carbonyl (C=O) groups excluding carboxylic acids is 2. The van der Waals surface area contributed by atoms with Crippen molar-refractivity contribution in [2.24, 2.45) is 0 Å². The van der Waals surface area contributed by atoms with Gasteiger partial charge in [0.25, 0.3) is 0 Å². The van der Waals surface area contributed by atoms with Gasteiger partial charge >= 0.3 is 0 Å². The summed E-state index contributed by atoms with van der Waals surface area (Å²) >= 11 is 0. The zero-order valence-corrected chi connectivity index (χ0v) is 15.1. The molecular formula is C20H24N2O3. The fourth-order valence-corrected chi connectivity index (χ4v) is 2.34. The Morgan fingerprint density at radius 2 is 1.64 bits per heavy atom. The van der Waals surface area contributed by atoms with Gasteiger partial charge in [0.05, 0.1) is 6.10 Å². The van der Waals surface area contributed by atoms with Crippen molar-refractivity contribution in [1.82, 2.24) is 0 Å². The third-order valence-corrected chi connectivity index (χ3v) is 3.54. The highest BCUT2D eigenvalue weighted by atomic mass is 16.5. The molecule has 5 nitrogen and oxygen atoms in total. The van der Waals surface area contributed by atoms with E-state index < -0.39 is 0 Å². The number of benzene rings is 2. The van der Waals surface area contributed by atoms with Crippen LogP contribution in [0.2, 0.25) is 0 Å². The highest BCUT2D eigenvalue weighted by molar-refractivity contribution is 6.01. The van der Waals surface area contributed by atoms with Gasteiger partial charge in [-0.05, 0) is 57.2 Å². The van der Waals surface area contributed by atoms with E-state index in [0.717, 1.165) is 11.3 Å². The number of nitrogens with zero attached hydrogens (tertiary/aromatic N) is 1. The molecule has 0 heterocycles. The van der Waals surface area contributed by atoms with Crippen LogP contribution in [0.4, 0.5) is 11.4 Å². The molecule has 1 N–H and O–H groups in total. The van der Waals surface area contributed by atoms with Gasteiger partial charge in [-0.25, -0.2) is 0 Å². The Labute approximate surface area is 148 Å². The Bertz CT molecular complexity index is 722. The van der Waals surface area contributed by atoms with Gasteiger partial charge in [0, 0.05) is 18.3 Å². The molecule has 0 fully saturated rings. The average Bonchev–Trinajstić information content (AvgIpc) is 2.55. The molecular weight excluding hydrogens is 316 g/mol. The van der Waals surface area contributed by atoms with E-state index in [-0.39, 0.29) is 24.5 Å². The minimum atomic E-state index is -0.249. The summed E-state index contributed by atoms with van der Waals surface area (Å²) < 4.78 is 5.60. The Morgan fingerprint density at radius 3 is 2.16 bits per heavy atom. The maximum absolute atomic E-state index is 12.3. The standard InChI is InChI=1S/C20H24N2O3/c1-14(2)25-19-11-9-18(10-12-19)22(16(4)23)13-20(24)21-17-7-5-15(3)6-8-17/h5-12,14H,13H2,1-4H3,(H,21,24). The molecule has 2 amide bonds. The van der Waals surface area contributed by atoms with E-state index >= 15 is 0 Å². The van der Waals surface area contributed by atoms with Gasteiger partial charge in [0.1, 0.15) is 12.3 Å². The summed E-state index contributed by atoms with van der Waals surface area (Å²) in [6.07, 6.45) is 0.0787. The predicted octanol–water partition coefficient (Wildman–Crippen LogP) is 3.77. The lowest BCUT2D eigenvalue weighted by atomic mass is 10.2. The van der Waals surface area contributed by atoms with Crippen LogP contribution in [0.1, 0.15) is 26.3 Å². The molecule has 0 aliphatic heterocycles. The molecule has 0 bridgehead atoms. The molecule has 0 aliphatic rings. The first-order valence-electron chi connectivity index (χ1n) is 8.26. The van der Waals surface area contributed by atoms with E-state index in [2.05, 4.69) is 5.32 Å². The molecule has 25 heavy (non-hydrogen) atoms. The van der Waals surface area contributed by atoms with E-state index in [1.807, 2.05) is 45.0 Å². The summed E-state index contributed by atoms with van der Waals surface area (Å²) in [6, 6.07) is 14.7. The number of ether oxygens (including phenoxy) is 1. The summed E-state index contributed by atoms with van der Waals surface area (Å²) in [5, 5.41) is 2.80. The van der Waals surface area contributed by atoms with Crippen LogP contribution in [0, 0.1) is 6.92 Å². The highest BCUT2D eigenvalue weighted by Crippen LogP contribution is 2.20. The Morgan fingerprint density at radius 1 is 1.04 bits per heavy atom. The topological polar surface area (TPSA) is 58.6 Å². The SMILES string of the molecule is CC(=O)N(CC(=O)Nc1ccc(C)cc1)c1ccc(OC(C)C)cc1. The van der Waals surface area contributed by atoms with Crippen LogP contribution >= 0.6 is 0 Å². The fraction of sp³-hybridized carbons (Fsp3) is 0.300. The first-order chi connectivity index (χ1) is 11.8. The van der Waals surface area contributed by atoms with Crippen molar-refractivity contribution in [2.45, 2.75) is 33.8 Å². The van der Waals surface area contributed by atoms with Crippen molar-refractivity contribution >= 4 is 23.2 Å². The molecule has 5 heteroatoms. The van der Waals surface area contributed by atoms with Crippen LogP contribution in [0.5, 0.6) is 5.75 Å². The molecule has 0 radical (unpaired) electrons. The van der Waals surface area contributed by atoms with Crippen LogP contribution in [-0.4, -0.2) is 24.5 Å². The number of amides is 2. The van der Waals surface area contributed by atoms with Gasteiger partial charge in [-0.15, -0.1) is 0 Å². The number of hydrogen-bond acceptors (Lipinski definition) is 3. The molecule has 0 saturated heterocycles. The smallest absolute Gasteiger partial charge is 0.244 e. The van der Waals surface area contributed by atoms with Crippen LogP contribution in [0.3, 0.4) is 0 Å². The van der Waals surface area contributed by atoms with Crippen LogP contribution in [0.15, 0.2) is 48.5 Å². The summed E-state index contributed by atoms with van der Waals surface area (Å²) in [5.74, 6) is 0.282. The zero-order chi connectivity index (χ0) is 18.4. The first kappa shape index (κ1) is 18.5. The molecule has 0 saturated carbocycles. The van der Waals surface area contributed by atoms with Gasteiger partial charge in [-0.2, -0.15) is 0 Å². The highest BCUT2D eigenvalue weighted by Gasteiger charge is 2.16. The van der Waals surface area contributed by atoms with Gasteiger partial charge in [0.15, 0.2) is 0 Å². The predicted molar refractivity (Wildman–Crippen MR) is 100 cm³/mol. The maximum atomic E-state index is 12.3. The fourth-order valence-electron chi connectivity index (χ4n) is 2.34. The quantitative estimate of drug-likeness (QED) is 0.871. The minimum absolute atomic E-state index is 0.0480. The molecule has 2 aromatic rings. The summed E-state index contributed by atoms with van der Waals surface area (Å²) in [4.78, 5) is 25.7. The third-order valence-electron chi connectivity index (χ3n) is 3.54. The first-order valence-corrected chi connectivity index (χ1v) is 8.26. The molecule has 2 aromatic carbocycles. The van der Waals surface area contributed by atoms with Gasteiger partial charge in [-0.1, -0.05) is 17.7 Å². The Kier molecular flexibility index (Phi) is 6.17. The Hall–Kier alpha value is -2.82. The van der Waals surface area contributed by atoms with E-state index in [1.54, 1.807) is 24.3 Å². The lowest BCUT2D eigenvalue weighted by Crippen LogP contribution is -2.36. The van der Waals surface area contributed by atoms with E-state index in [9.17, 15) is 9.59 Å². The number of anilines is 2. The lowest BCUT2D eigenvalue weighted by molar-refractivity contribution is -0.120. The van der Waals surface area contributed by atoms with Gasteiger partial charge < -0.3 is 15.0 Å². The van der Waals surface area contributed by atoms with Crippen molar-refractivity contribution in [3.05, 3.63) is 54.1 Å². The minimum Gasteiger partial charge on any atom is -0.491 e. The second kappa shape index (κ2) is 8.33. The number of nitrogens with one attached hydrogen (secondary N) is 1. The van der Waals surface area contributed by atoms with Crippen molar-refractivity contribution in [2.75, 3.05) is 16.8 Å². The van der Waals surface area contributed by atoms with Crippen molar-refractivity contribution < 1.29 is 14.3 Å². The van der Waals surface area contributed by atoms with Gasteiger partial charge in [-0.3, -0.25) is 9.59 Å². The van der Waals surface area contributed by atoms with E-state index in [1.165, 1.54) is 11.8 Å². The van der Waals surface area contributed by atoms with E-state index in [4.69, 9.17) is 4.74 Å². The molecule has 0 aliphatic carbocycles. The summed E-state index contributed by atoms with van der Waals surface area (Å²) in [7, 11) is 0. The monoisotopic (exact) mass is 340 g/mol.